The number of hydrogen-bond acceptors (Lipinski definition) is 6. The second-order valence-electron chi connectivity index (χ2n) is 6.80. The predicted octanol–water partition coefficient (Wildman–Crippen LogP) is 0.597. The number of aliphatic hydroxyl groups excluding tert-OH is 1. The molecule has 7 nitrogen and oxygen atoms in total. The van der Waals surface area contributed by atoms with E-state index in [1.807, 2.05) is 0 Å². The maximum absolute atomic E-state index is 12.6. The van der Waals surface area contributed by atoms with Gasteiger partial charge < -0.3 is 24.6 Å². The van der Waals surface area contributed by atoms with E-state index in [2.05, 4.69) is 4.98 Å². The Balaban J connectivity index is 1.69. The van der Waals surface area contributed by atoms with Crippen molar-refractivity contribution in [2.24, 2.45) is 0 Å². The van der Waals surface area contributed by atoms with Gasteiger partial charge in [-0.1, -0.05) is 0 Å². The van der Waals surface area contributed by atoms with E-state index < -0.39 is 17.3 Å². The van der Waals surface area contributed by atoms with Crippen molar-refractivity contribution in [3.63, 3.8) is 0 Å². The van der Waals surface area contributed by atoms with Gasteiger partial charge in [-0.15, -0.1) is 0 Å². The van der Waals surface area contributed by atoms with Gasteiger partial charge in [-0.3, -0.25) is 9.78 Å². The number of likely N-dealkylation sites (tertiary alicyclic amines) is 1. The number of pyridine rings is 1. The average molecular weight is 336 g/mol. The Morgan fingerprint density at radius 2 is 2.12 bits per heavy atom. The summed E-state index contributed by atoms with van der Waals surface area (Å²) in [6.07, 6.45) is 1.97. The maximum atomic E-state index is 12.6. The van der Waals surface area contributed by atoms with E-state index in [4.69, 9.17) is 9.47 Å². The minimum absolute atomic E-state index is 0.166. The molecule has 2 fully saturated rings. The molecule has 2 aliphatic rings. The van der Waals surface area contributed by atoms with Crippen LogP contribution in [0.25, 0.3) is 0 Å². The fourth-order valence-electron chi connectivity index (χ4n) is 3.57. The van der Waals surface area contributed by atoms with Crippen LogP contribution in [0.5, 0.6) is 5.75 Å². The van der Waals surface area contributed by atoms with Gasteiger partial charge in [0.25, 0.3) is 5.91 Å². The number of hydrogen-bond donors (Lipinski definition) is 2. The first kappa shape index (κ1) is 17.1. The van der Waals surface area contributed by atoms with Crippen LogP contribution in [0.15, 0.2) is 18.3 Å². The van der Waals surface area contributed by atoms with Gasteiger partial charge in [-0.05, 0) is 25.8 Å². The molecule has 0 saturated carbocycles. The normalized spacial score (nSPS) is 29.5. The third kappa shape index (κ3) is 2.99. The third-order valence-electron chi connectivity index (χ3n) is 5.17. The van der Waals surface area contributed by atoms with Crippen LogP contribution in [-0.4, -0.2) is 70.1 Å². The van der Waals surface area contributed by atoms with Crippen molar-refractivity contribution in [3.8, 4) is 5.75 Å². The molecule has 0 radical (unpaired) electrons. The number of aliphatic hydroxyl groups is 2. The Kier molecular flexibility index (Phi) is 4.50. The lowest BCUT2D eigenvalue weighted by molar-refractivity contribution is -0.244. The summed E-state index contributed by atoms with van der Waals surface area (Å²) in [4.78, 5) is 18.4. The lowest BCUT2D eigenvalue weighted by atomic mass is 9.75. The summed E-state index contributed by atoms with van der Waals surface area (Å²) in [5.41, 5.74) is -1.60. The molecule has 132 valence electrons. The molecule has 0 unspecified atom stereocenters. The van der Waals surface area contributed by atoms with Crippen molar-refractivity contribution in [1.29, 1.82) is 0 Å². The van der Waals surface area contributed by atoms with Crippen molar-refractivity contribution in [2.75, 3.05) is 26.8 Å². The van der Waals surface area contributed by atoms with Gasteiger partial charge in [-0.2, -0.15) is 0 Å². The highest BCUT2D eigenvalue weighted by atomic mass is 16.5. The lowest BCUT2D eigenvalue weighted by Gasteiger charge is -2.51. The van der Waals surface area contributed by atoms with E-state index in [0.29, 0.717) is 50.4 Å². The molecule has 0 aromatic carbocycles. The van der Waals surface area contributed by atoms with E-state index in [1.54, 1.807) is 37.3 Å². The van der Waals surface area contributed by atoms with E-state index in [1.165, 1.54) is 0 Å². The number of carbonyl (C=O) groups excluding carboxylic acids is 1. The summed E-state index contributed by atoms with van der Waals surface area (Å²) in [5, 5.41) is 20.9. The Labute approximate surface area is 141 Å². The van der Waals surface area contributed by atoms with Crippen molar-refractivity contribution in [1.82, 2.24) is 9.88 Å². The second kappa shape index (κ2) is 6.31. The number of amides is 1. The molecule has 3 rings (SSSR count). The topological polar surface area (TPSA) is 92.1 Å². The summed E-state index contributed by atoms with van der Waals surface area (Å²) in [7, 11) is 1.54. The highest BCUT2D eigenvalue weighted by Crippen LogP contribution is 2.39. The first-order valence-corrected chi connectivity index (χ1v) is 8.22. The van der Waals surface area contributed by atoms with Crippen LogP contribution < -0.4 is 4.74 Å². The SMILES string of the molecule is COc1ccnc(C(=O)N2CCC3(CC2)OCC[C@@](C)(O)[C@@H]3O)c1. The standard InChI is InChI=1S/C17H24N2O5/c1-16(22)6-10-24-17(15(16)21)4-8-19(9-5-17)14(20)13-11-12(23-2)3-7-18-13/h3,7,11,15,21-22H,4-6,8-10H2,1-2H3/t15-,16+/m0/s1. The van der Waals surface area contributed by atoms with Crippen molar-refractivity contribution >= 4 is 5.91 Å². The Morgan fingerprint density at radius 3 is 2.79 bits per heavy atom. The van der Waals surface area contributed by atoms with Crippen LogP contribution in [0.4, 0.5) is 0 Å². The zero-order chi connectivity index (χ0) is 17.4. The lowest BCUT2D eigenvalue weighted by Crippen LogP contribution is -2.64. The molecule has 1 amide bonds. The molecule has 2 atom stereocenters. The zero-order valence-corrected chi connectivity index (χ0v) is 14.1. The largest absolute Gasteiger partial charge is 0.497 e. The molecule has 2 aliphatic heterocycles. The minimum atomic E-state index is -1.15. The van der Waals surface area contributed by atoms with Crippen LogP contribution in [0, 0.1) is 0 Å². The smallest absolute Gasteiger partial charge is 0.272 e. The number of aromatic nitrogens is 1. The number of rotatable bonds is 2. The fraction of sp³-hybridized carbons (Fsp3) is 0.647. The summed E-state index contributed by atoms with van der Waals surface area (Å²) in [5.74, 6) is 0.421. The first-order chi connectivity index (χ1) is 11.4. The fourth-order valence-corrected chi connectivity index (χ4v) is 3.57. The number of methoxy groups -OCH3 is 1. The number of nitrogens with zero attached hydrogens (tertiary/aromatic N) is 2. The number of piperidine rings is 1. The van der Waals surface area contributed by atoms with Gasteiger partial charge in [-0.25, -0.2) is 0 Å². The molecule has 1 aromatic rings. The van der Waals surface area contributed by atoms with Crippen LogP contribution in [0.3, 0.4) is 0 Å². The molecule has 3 heterocycles. The Bertz CT molecular complexity index is 611. The monoisotopic (exact) mass is 336 g/mol. The van der Waals surface area contributed by atoms with Crippen LogP contribution in [0.2, 0.25) is 0 Å². The van der Waals surface area contributed by atoms with Crippen molar-refractivity contribution < 1.29 is 24.5 Å². The third-order valence-corrected chi connectivity index (χ3v) is 5.17. The van der Waals surface area contributed by atoms with E-state index in [9.17, 15) is 15.0 Å². The molecule has 24 heavy (non-hydrogen) atoms. The quantitative estimate of drug-likeness (QED) is 0.822. The van der Waals surface area contributed by atoms with Gasteiger partial charge in [0.15, 0.2) is 0 Å². The van der Waals surface area contributed by atoms with E-state index in [-0.39, 0.29) is 5.91 Å². The molecular formula is C17H24N2O5. The molecule has 1 spiro atoms. The van der Waals surface area contributed by atoms with Gasteiger partial charge >= 0.3 is 0 Å². The summed E-state index contributed by atoms with van der Waals surface area (Å²) in [6.45, 7) is 2.95. The zero-order valence-electron chi connectivity index (χ0n) is 14.1. The van der Waals surface area contributed by atoms with Gasteiger partial charge in [0.05, 0.1) is 19.3 Å². The molecule has 2 N–H and O–H groups in total. The van der Waals surface area contributed by atoms with Gasteiger partial charge in [0.1, 0.15) is 23.1 Å². The molecule has 2 saturated heterocycles. The van der Waals surface area contributed by atoms with Crippen LogP contribution in [0.1, 0.15) is 36.7 Å². The van der Waals surface area contributed by atoms with Crippen LogP contribution >= 0.6 is 0 Å². The summed E-state index contributed by atoms with van der Waals surface area (Å²) < 4.78 is 11.0. The molecular weight excluding hydrogens is 312 g/mol. The highest BCUT2D eigenvalue weighted by Gasteiger charge is 2.52. The molecule has 0 bridgehead atoms. The summed E-state index contributed by atoms with van der Waals surface area (Å²) >= 11 is 0. The van der Waals surface area contributed by atoms with Gasteiger partial charge in [0.2, 0.25) is 0 Å². The molecule has 0 aliphatic carbocycles. The van der Waals surface area contributed by atoms with E-state index in [0.717, 1.165) is 0 Å². The first-order valence-electron chi connectivity index (χ1n) is 8.22. The average Bonchev–Trinajstić information content (AvgIpc) is 2.60. The summed E-state index contributed by atoms with van der Waals surface area (Å²) in [6, 6.07) is 3.31. The van der Waals surface area contributed by atoms with Gasteiger partial charge in [0, 0.05) is 31.8 Å². The number of carbonyl (C=O) groups is 1. The maximum Gasteiger partial charge on any atom is 0.272 e. The minimum Gasteiger partial charge on any atom is -0.497 e. The Morgan fingerprint density at radius 1 is 1.42 bits per heavy atom. The van der Waals surface area contributed by atoms with Crippen molar-refractivity contribution in [2.45, 2.75) is 43.5 Å². The number of ether oxygens (including phenoxy) is 2. The molecule has 1 aromatic heterocycles. The second-order valence-corrected chi connectivity index (χ2v) is 6.80. The Hall–Kier alpha value is -1.70. The predicted molar refractivity (Wildman–Crippen MR) is 85.9 cm³/mol. The van der Waals surface area contributed by atoms with Crippen molar-refractivity contribution in [3.05, 3.63) is 24.0 Å². The van der Waals surface area contributed by atoms with E-state index >= 15 is 0 Å². The van der Waals surface area contributed by atoms with Crippen LogP contribution in [-0.2, 0) is 4.74 Å². The molecule has 7 heteroatoms. The highest BCUT2D eigenvalue weighted by molar-refractivity contribution is 5.92.